The first-order chi connectivity index (χ1) is 8.47. The van der Waals surface area contributed by atoms with E-state index in [0.29, 0.717) is 5.69 Å². The van der Waals surface area contributed by atoms with Crippen LogP contribution in [-0.2, 0) is 10.0 Å². The molecule has 4 N–H and O–H groups in total. The van der Waals surface area contributed by atoms with Crippen LogP contribution in [0, 0.1) is 0 Å². The third-order valence-electron chi connectivity index (χ3n) is 2.28. The van der Waals surface area contributed by atoms with Gasteiger partial charge in [0.2, 0.25) is 10.0 Å². The van der Waals surface area contributed by atoms with E-state index in [1.54, 1.807) is 6.07 Å². The van der Waals surface area contributed by atoms with Crippen molar-refractivity contribution in [3.05, 3.63) is 48.5 Å². The van der Waals surface area contributed by atoms with Crippen molar-refractivity contribution in [1.82, 2.24) is 0 Å². The van der Waals surface area contributed by atoms with E-state index in [-0.39, 0.29) is 4.90 Å². The molecule has 0 fully saturated rings. The second kappa shape index (κ2) is 5.01. The predicted molar refractivity (Wildman–Crippen MR) is 72.8 cm³/mol. The van der Waals surface area contributed by atoms with Crippen LogP contribution in [0.15, 0.2) is 63.2 Å². The van der Waals surface area contributed by atoms with Gasteiger partial charge in [0, 0.05) is 15.5 Å². The molecule has 18 heavy (non-hydrogen) atoms. The number of nitrogen functional groups attached to an aromatic ring is 1. The molecular weight excluding hydrogens is 268 g/mol. The topological polar surface area (TPSA) is 86.2 Å². The molecule has 0 amide bonds. The first-order valence-electron chi connectivity index (χ1n) is 5.12. The summed E-state index contributed by atoms with van der Waals surface area (Å²) in [6.07, 6.45) is 0. The van der Waals surface area contributed by atoms with Crippen molar-refractivity contribution < 1.29 is 8.42 Å². The van der Waals surface area contributed by atoms with Gasteiger partial charge in [0.15, 0.2) is 0 Å². The van der Waals surface area contributed by atoms with Gasteiger partial charge >= 0.3 is 0 Å². The molecule has 2 rings (SSSR count). The Balaban J connectivity index is 2.32. The summed E-state index contributed by atoms with van der Waals surface area (Å²) in [4.78, 5) is 1.86. The summed E-state index contributed by atoms with van der Waals surface area (Å²) in [5.74, 6) is 0. The van der Waals surface area contributed by atoms with Crippen molar-refractivity contribution in [2.75, 3.05) is 5.73 Å². The van der Waals surface area contributed by atoms with E-state index in [1.165, 1.54) is 23.9 Å². The van der Waals surface area contributed by atoms with E-state index >= 15 is 0 Å². The second-order valence-corrected chi connectivity index (χ2v) is 6.34. The normalized spacial score (nSPS) is 11.4. The Kier molecular flexibility index (Phi) is 3.60. The first-order valence-corrected chi connectivity index (χ1v) is 7.48. The Morgan fingerprint density at radius 1 is 1.00 bits per heavy atom. The van der Waals surface area contributed by atoms with Crippen LogP contribution in [0.4, 0.5) is 5.69 Å². The van der Waals surface area contributed by atoms with E-state index in [2.05, 4.69) is 0 Å². The fraction of sp³-hybridized carbons (Fsp3) is 0. The SMILES string of the molecule is Nc1cc(S(N)(=O)=O)ccc1Sc1ccccc1. The molecule has 0 saturated heterocycles. The fourth-order valence-electron chi connectivity index (χ4n) is 1.41. The van der Waals surface area contributed by atoms with E-state index < -0.39 is 10.0 Å². The lowest BCUT2D eigenvalue weighted by Crippen LogP contribution is -2.12. The Hall–Kier alpha value is -1.50. The number of anilines is 1. The summed E-state index contributed by atoms with van der Waals surface area (Å²) < 4.78 is 22.3. The van der Waals surface area contributed by atoms with Gasteiger partial charge < -0.3 is 5.73 Å². The highest BCUT2D eigenvalue weighted by atomic mass is 32.2. The summed E-state index contributed by atoms with van der Waals surface area (Å²) in [5, 5.41) is 5.04. The average Bonchev–Trinajstić information content (AvgIpc) is 2.32. The molecule has 4 nitrogen and oxygen atoms in total. The maximum absolute atomic E-state index is 11.2. The molecule has 94 valence electrons. The summed E-state index contributed by atoms with van der Waals surface area (Å²) in [5.41, 5.74) is 6.22. The minimum absolute atomic E-state index is 0.0254. The number of benzene rings is 2. The highest BCUT2D eigenvalue weighted by Gasteiger charge is 2.10. The maximum Gasteiger partial charge on any atom is 0.238 e. The molecule has 0 aliphatic heterocycles. The zero-order valence-electron chi connectivity index (χ0n) is 9.41. The lowest BCUT2D eigenvalue weighted by molar-refractivity contribution is 0.598. The standard InChI is InChI=1S/C12H12N2O2S2/c13-11-8-10(18(14,15)16)6-7-12(11)17-9-4-2-1-3-5-9/h1-8H,13H2,(H2,14,15,16). The monoisotopic (exact) mass is 280 g/mol. The molecule has 2 aromatic rings. The van der Waals surface area contributed by atoms with E-state index in [4.69, 9.17) is 10.9 Å². The quantitative estimate of drug-likeness (QED) is 0.843. The Bertz CT molecular complexity index is 655. The highest BCUT2D eigenvalue weighted by molar-refractivity contribution is 7.99. The van der Waals surface area contributed by atoms with Crippen molar-refractivity contribution in [1.29, 1.82) is 0 Å². The lowest BCUT2D eigenvalue weighted by atomic mass is 10.3. The molecule has 0 aromatic heterocycles. The predicted octanol–water partition coefficient (Wildman–Crippen LogP) is 2.07. The van der Waals surface area contributed by atoms with Crippen LogP contribution in [0.2, 0.25) is 0 Å². The second-order valence-electron chi connectivity index (χ2n) is 3.66. The van der Waals surface area contributed by atoms with E-state index in [0.717, 1.165) is 9.79 Å². The first kappa shape index (κ1) is 12.9. The van der Waals surface area contributed by atoms with Crippen LogP contribution in [-0.4, -0.2) is 8.42 Å². The summed E-state index contributed by atoms with van der Waals surface area (Å²) in [6.45, 7) is 0. The molecule has 0 heterocycles. The van der Waals surface area contributed by atoms with Gasteiger partial charge in [-0.25, -0.2) is 13.6 Å². The number of nitrogens with two attached hydrogens (primary N) is 2. The number of rotatable bonds is 3. The van der Waals surface area contributed by atoms with Crippen molar-refractivity contribution in [3.63, 3.8) is 0 Å². The van der Waals surface area contributed by atoms with Crippen molar-refractivity contribution in [2.24, 2.45) is 5.14 Å². The van der Waals surface area contributed by atoms with Crippen LogP contribution < -0.4 is 10.9 Å². The summed E-state index contributed by atoms with van der Waals surface area (Å²) in [6, 6.07) is 14.2. The van der Waals surface area contributed by atoms with Crippen LogP contribution in [0.1, 0.15) is 0 Å². The van der Waals surface area contributed by atoms with Crippen molar-refractivity contribution >= 4 is 27.5 Å². The van der Waals surface area contributed by atoms with Gasteiger partial charge in [0.1, 0.15) is 0 Å². The molecule has 6 heteroatoms. The molecule has 0 atom stereocenters. The Morgan fingerprint density at radius 2 is 1.67 bits per heavy atom. The van der Waals surface area contributed by atoms with Crippen LogP contribution >= 0.6 is 11.8 Å². The molecule has 0 unspecified atom stereocenters. The van der Waals surface area contributed by atoms with Gasteiger partial charge in [0.05, 0.1) is 4.90 Å². The summed E-state index contributed by atoms with van der Waals surface area (Å²) in [7, 11) is -3.70. The molecular formula is C12H12N2O2S2. The molecule has 0 saturated carbocycles. The zero-order valence-corrected chi connectivity index (χ0v) is 11.0. The average molecular weight is 280 g/mol. The van der Waals surface area contributed by atoms with Crippen LogP contribution in [0.5, 0.6) is 0 Å². The molecule has 0 aliphatic carbocycles. The van der Waals surface area contributed by atoms with Gasteiger partial charge in [-0.15, -0.1) is 0 Å². The Labute approximate surface area is 110 Å². The van der Waals surface area contributed by atoms with Crippen molar-refractivity contribution in [2.45, 2.75) is 14.7 Å². The number of hydrogen-bond donors (Lipinski definition) is 2. The fourth-order valence-corrected chi connectivity index (χ4v) is 2.82. The van der Waals surface area contributed by atoms with Gasteiger partial charge in [-0.05, 0) is 30.3 Å². The third kappa shape index (κ3) is 3.04. The number of hydrogen-bond acceptors (Lipinski definition) is 4. The van der Waals surface area contributed by atoms with Gasteiger partial charge in [0.25, 0.3) is 0 Å². The van der Waals surface area contributed by atoms with Gasteiger partial charge in [-0.2, -0.15) is 0 Å². The Morgan fingerprint density at radius 3 is 2.22 bits per heavy atom. The van der Waals surface area contributed by atoms with E-state index in [9.17, 15) is 8.42 Å². The lowest BCUT2D eigenvalue weighted by Gasteiger charge is -2.07. The van der Waals surface area contributed by atoms with Gasteiger partial charge in [-0.1, -0.05) is 30.0 Å². The number of primary sulfonamides is 1. The van der Waals surface area contributed by atoms with Crippen LogP contribution in [0.25, 0.3) is 0 Å². The molecule has 0 spiro atoms. The molecule has 0 aliphatic rings. The largest absolute Gasteiger partial charge is 0.398 e. The smallest absolute Gasteiger partial charge is 0.238 e. The highest BCUT2D eigenvalue weighted by Crippen LogP contribution is 2.32. The van der Waals surface area contributed by atoms with Crippen molar-refractivity contribution in [3.8, 4) is 0 Å². The van der Waals surface area contributed by atoms with E-state index in [1.807, 2.05) is 30.3 Å². The third-order valence-corrected chi connectivity index (χ3v) is 4.29. The molecule has 0 radical (unpaired) electrons. The summed E-state index contributed by atoms with van der Waals surface area (Å²) >= 11 is 1.47. The number of sulfonamides is 1. The minimum atomic E-state index is -3.70. The minimum Gasteiger partial charge on any atom is -0.398 e. The van der Waals surface area contributed by atoms with Crippen LogP contribution in [0.3, 0.4) is 0 Å². The van der Waals surface area contributed by atoms with Gasteiger partial charge in [-0.3, -0.25) is 0 Å². The zero-order chi connectivity index (χ0) is 13.2. The molecule has 2 aromatic carbocycles. The maximum atomic E-state index is 11.2. The molecule has 0 bridgehead atoms.